The number of hydrogen-bond acceptors (Lipinski definition) is 3. The monoisotopic (exact) mass is 174 g/mol. The summed E-state index contributed by atoms with van der Waals surface area (Å²) >= 11 is 0. The molecule has 0 aromatic rings. The minimum absolute atomic E-state index is 0.500. The molecule has 0 aromatic heterocycles. The number of nitrogens with zero attached hydrogens (tertiary/aromatic N) is 2. The second-order valence-electron chi connectivity index (χ2n) is 2.87. The second-order valence-corrected chi connectivity index (χ2v) is 5.75. The molecular formula is C7H14N2OS. The molecule has 0 radical (unpaired) electrons. The van der Waals surface area contributed by atoms with Crippen LogP contribution in [0.1, 0.15) is 20.8 Å². The van der Waals surface area contributed by atoms with Crippen LogP contribution in [0.5, 0.6) is 0 Å². The molecule has 0 aliphatic heterocycles. The highest BCUT2D eigenvalue weighted by Gasteiger charge is 2.27. The molecule has 11 heavy (non-hydrogen) atoms. The molecule has 0 fully saturated rings. The third kappa shape index (κ3) is 2.19. The number of nitriles is 1. The van der Waals surface area contributed by atoms with E-state index in [0.29, 0.717) is 6.54 Å². The van der Waals surface area contributed by atoms with Gasteiger partial charge in [0.1, 0.15) is 4.75 Å². The van der Waals surface area contributed by atoms with Gasteiger partial charge in [0.25, 0.3) is 0 Å². The van der Waals surface area contributed by atoms with Crippen molar-refractivity contribution in [3.05, 3.63) is 0 Å². The van der Waals surface area contributed by atoms with Gasteiger partial charge in [0.05, 0.1) is 15.8 Å². The van der Waals surface area contributed by atoms with Crippen LogP contribution in [0.3, 0.4) is 0 Å². The highest BCUT2D eigenvalue weighted by Crippen LogP contribution is 2.15. The largest absolute Gasteiger partial charge is 0.248 e. The fraction of sp³-hybridized carbons (Fsp3) is 0.857. The molecule has 0 saturated heterocycles. The van der Waals surface area contributed by atoms with Crippen LogP contribution in [0.2, 0.25) is 0 Å². The minimum Gasteiger partial charge on any atom is -0.248 e. The van der Waals surface area contributed by atoms with Gasteiger partial charge in [0, 0.05) is 12.8 Å². The van der Waals surface area contributed by atoms with Crippen molar-refractivity contribution < 1.29 is 4.21 Å². The summed E-state index contributed by atoms with van der Waals surface area (Å²) in [4.78, 5) is 0. The maximum absolute atomic E-state index is 11.6. The van der Waals surface area contributed by atoms with Crippen LogP contribution in [0, 0.1) is 11.3 Å². The van der Waals surface area contributed by atoms with Gasteiger partial charge in [-0.2, -0.15) is 5.26 Å². The molecule has 64 valence electrons. The van der Waals surface area contributed by atoms with Crippen LogP contribution < -0.4 is 0 Å². The first-order chi connectivity index (χ1) is 4.87. The summed E-state index contributed by atoms with van der Waals surface area (Å²) in [6.07, 6.45) is 1.53. The summed E-state index contributed by atoms with van der Waals surface area (Å²) in [5.74, 6) is 0. The van der Waals surface area contributed by atoms with E-state index in [1.165, 1.54) is 6.26 Å². The smallest absolute Gasteiger partial charge is 0.134 e. The zero-order valence-electron chi connectivity index (χ0n) is 7.42. The van der Waals surface area contributed by atoms with Crippen LogP contribution in [-0.2, 0) is 9.73 Å². The molecular weight excluding hydrogens is 160 g/mol. The van der Waals surface area contributed by atoms with Crippen molar-refractivity contribution in [1.82, 2.24) is 0 Å². The van der Waals surface area contributed by atoms with Crippen molar-refractivity contribution in [2.45, 2.75) is 25.5 Å². The SMILES string of the molecule is CCN=S(C)(=O)C(C)(C)C#N. The molecule has 0 aromatic carbocycles. The van der Waals surface area contributed by atoms with E-state index in [1.54, 1.807) is 13.8 Å². The van der Waals surface area contributed by atoms with Gasteiger partial charge < -0.3 is 0 Å². The van der Waals surface area contributed by atoms with Crippen LogP contribution in [0.25, 0.3) is 0 Å². The lowest BCUT2D eigenvalue weighted by atomic mass is 10.2. The van der Waals surface area contributed by atoms with E-state index >= 15 is 0 Å². The lowest BCUT2D eigenvalue weighted by Gasteiger charge is -2.16. The Morgan fingerprint density at radius 3 is 2.36 bits per heavy atom. The first-order valence-electron chi connectivity index (χ1n) is 3.46. The fourth-order valence-electron chi connectivity index (χ4n) is 0.492. The summed E-state index contributed by atoms with van der Waals surface area (Å²) < 4.78 is 14.7. The predicted octanol–water partition coefficient (Wildman–Crippen LogP) is 1.41. The summed E-state index contributed by atoms with van der Waals surface area (Å²) in [6.45, 7) is 5.61. The molecule has 0 heterocycles. The molecule has 0 aliphatic carbocycles. The van der Waals surface area contributed by atoms with Gasteiger partial charge in [-0.15, -0.1) is 0 Å². The highest BCUT2D eigenvalue weighted by molar-refractivity contribution is 7.94. The quantitative estimate of drug-likeness (QED) is 0.635. The van der Waals surface area contributed by atoms with Crippen molar-refractivity contribution in [3.8, 4) is 6.07 Å². The second kappa shape index (κ2) is 3.22. The van der Waals surface area contributed by atoms with Crippen LogP contribution >= 0.6 is 0 Å². The highest BCUT2D eigenvalue weighted by atomic mass is 32.2. The zero-order chi connectivity index (χ0) is 9.12. The van der Waals surface area contributed by atoms with Gasteiger partial charge in [-0.1, -0.05) is 0 Å². The Balaban J connectivity index is 5.05. The summed E-state index contributed by atoms with van der Waals surface area (Å²) in [6, 6.07) is 2.00. The van der Waals surface area contributed by atoms with E-state index in [2.05, 4.69) is 4.36 Å². The lowest BCUT2D eigenvalue weighted by molar-refractivity contribution is 0.660. The summed E-state index contributed by atoms with van der Waals surface area (Å²) in [7, 11) is -2.35. The molecule has 1 unspecified atom stereocenters. The van der Waals surface area contributed by atoms with E-state index in [0.717, 1.165) is 0 Å². The zero-order valence-corrected chi connectivity index (χ0v) is 8.23. The van der Waals surface area contributed by atoms with Crippen LogP contribution in [-0.4, -0.2) is 21.8 Å². The van der Waals surface area contributed by atoms with Gasteiger partial charge in [0.15, 0.2) is 0 Å². The molecule has 4 heteroatoms. The van der Waals surface area contributed by atoms with Crippen molar-refractivity contribution in [2.75, 3.05) is 12.8 Å². The van der Waals surface area contributed by atoms with E-state index in [-0.39, 0.29) is 0 Å². The Bertz CT molecular complexity index is 279. The Morgan fingerprint density at radius 1 is 1.64 bits per heavy atom. The molecule has 0 amide bonds. The van der Waals surface area contributed by atoms with E-state index in [9.17, 15) is 4.21 Å². The van der Waals surface area contributed by atoms with E-state index in [4.69, 9.17) is 5.26 Å². The average molecular weight is 174 g/mol. The topological polar surface area (TPSA) is 53.2 Å². The van der Waals surface area contributed by atoms with Crippen LogP contribution in [0.4, 0.5) is 0 Å². The third-order valence-corrected chi connectivity index (χ3v) is 4.33. The lowest BCUT2D eigenvalue weighted by Crippen LogP contribution is -2.28. The predicted molar refractivity (Wildman–Crippen MR) is 46.7 cm³/mol. The molecule has 3 nitrogen and oxygen atoms in total. The summed E-state index contributed by atoms with van der Waals surface area (Å²) in [5.41, 5.74) is 0. The maximum atomic E-state index is 11.6. The van der Waals surface area contributed by atoms with Gasteiger partial charge in [-0.3, -0.25) is 0 Å². The number of hydrogen-bond donors (Lipinski definition) is 0. The van der Waals surface area contributed by atoms with Gasteiger partial charge in [-0.25, -0.2) is 8.57 Å². The van der Waals surface area contributed by atoms with Crippen molar-refractivity contribution in [1.29, 1.82) is 5.26 Å². The van der Waals surface area contributed by atoms with Gasteiger partial charge in [0.2, 0.25) is 0 Å². The normalized spacial score (nSPS) is 16.6. The molecule has 0 aliphatic rings. The van der Waals surface area contributed by atoms with E-state index < -0.39 is 14.5 Å². The molecule has 0 rings (SSSR count). The average Bonchev–Trinajstić information content (AvgIpc) is 1.87. The number of rotatable bonds is 2. The van der Waals surface area contributed by atoms with Crippen molar-refractivity contribution in [3.63, 3.8) is 0 Å². The van der Waals surface area contributed by atoms with Gasteiger partial charge in [-0.05, 0) is 20.8 Å². The first-order valence-corrected chi connectivity index (χ1v) is 5.38. The molecule has 0 bridgehead atoms. The van der Waals surface area contributed by atoms with Gasteiger partial charge >= 0.3 is 0 Å². The van der Waals surface area contributed by atoms with Crippen LogP contribution in [0.15, 0.2) is 4.36 Å². The third-order valence-electron chi connectivity index (χ3n) is 1.59. The minimum atomic E-state index is -2.35. The molecule has 0 saturated carbocycles. The Morgan fingerprint density at radius 2 is 2.09 bits per heavy atom. The van der Waals surface area contributed by atoms with Crippen molar-refractivity contribution >= 4 is 9.73 Å². The molecule has 1 atom stereocenters. The fourth-order valence-corrected chi connectivity index (χ4v) is 1.48. The maximum Gasteiger partial charge on any atom is 0.134 e. The Kier molecular flexibility index (Phi) is 3.06. The Hall–Kier alpha value is -0.560. The molecule has 0 spiro atoms. The van der Waals surface area contributed by atoms with E-state index in [1.807, 2.05) is 13.0 Å². The first kappa shape index (κ1) is 10.4. The van der Waals surface area contributed by atoms with Crippen molar-refractivity contribution in [2.24, 2.45) is 4.36 Å². The standard InChI is InChI=1S/C7H14N2OS/c1-5-9-11(4,10)7(2,3)6-8/h5H2,1-4H3. The Labute approximate surface area is 68.6 Å². The summed E-state index contributed by atoms with van der Waals surface area (Å²) in [5, 5.41) is 8.67. The molecule has 0 N–H and O–H groups in total.